The van der Waals surface area contributed by atoms with E-state index in [1.165, 1.54) is 11.3 Å². The summed E-state index contributed by atoms with van der Waals surface area (Å²) in [5.74, 6) is 0.303. The highest BCUT2D eigenvalue weighted by Gasteiger charge is 2.09. The minimum atomic E-state index is 0.303. The highest BCUT2D eigenvalue weighted by atomic mass is 32.1. The van der Waals surface area contributed by atoms with Crippen LogP contribution in [0.5, 0.6) is 5.75 Å². The van der Waals surface area contributed by atoms with Crippen LogP contribution >= 0.6 is 11.3 Å². The molecule has 2 aromatic rings. The number of H-pyrrole nitrogens is 1. The summed E-state index contributed by atoms with van der Waals surface area (Å²) >= 11 is 1.52. The molecule has 0 aliphatic carbocycles. The summed E-state index contributed by atoms with van der Waals surface area (Å²) in [6.07, 6.45) is 1.81. The largest absolute Gasteiger partial charge is 0.505 e. The third-order valence-corrected chi connectivity index (χ3v) is 2.79. The molecule has 0 bridgehead atoms. The smallest absolute Gasteiger partial charge is 0.154 e. The van der Waals surface area contributed by atoms with Crippen LogP contribution in [0, 0.1) is 0 Å². The van der Waals surface area contributed by atoms with Crippen molar-refractivity contribution < 1.29 is 5.11 Å². The lowest BCUT2D eigenvalue weighted by molar-refractivity contribution is 0.477. The molecule has 2 aromatic heterocycles. The van der Waals surface area contributed by atoms with Crippen molar-refractivity contribution in [2.75, 3.05) is 0 Å². The molecule has 0 aliphatic heterocycles. The molecule has 0 saturated heterocycles. The maximum atomic E-state index is 9.48. The lowest BCUT2D eigenvalue weighted by Crippen LogP contribution is -1.92. The van der Waals surface area contributed by atoms with Gasteiger partial charge in [0.15, 0.2) is 5.75 Å². The Morgan fingerprint density at radius 3 is 3.09 bits per heavy atom. The van der Waals surface area contributed by atoms with Gasteiger partial charge in [-0.05, 0) is 6.07 Å². The van der Waals surface area contributed by atoms with Gasteiger partial charge in [-0.2, -0.15) is 0 Å². The van der Waals surface area contributed by atoms with Gasteiger partial charge in [0.2, 0.25) is 0 Å². The molecule has 0 atom stereocenters. The number of nitrogens with two attached hydrogens (primary N) is 1. The van der Waals surface area contributed by atoms with E-state index in [0.29, 0.717) is 12.3 Å². The Labute approximate surface area is 67.5 Å². The van der Waals surface area contributed by atoms with Crippen LogP contribution in [0.15, 0.2) is 12.3 Å². The minimum Gasteiger partial charge on any atom is -0.505 e. The molecular weight excluding hydrogens is 160 g/mol. The minimum absolute atomic E-state index is 0.303. The Morgan fingerprint density at radius 2 is 2.45 bits per heavy atom. The van der Waals surface area contributed by atoms with Gasteiger partial charge in [-0.25, -0.2) is 0 Å². The van der Waals surface area contributed by atoms with Gasteiger partial charge >= 0.3 is 0 Å². The van der Waals surface area contributed by atoms with Crippen molar-refractivity contribution in [2.24, 2.45) is 5.73 Å². The zero-order valence-corrected chi connectivity index (χ0v) is 6.61. The SMILES string of the molecule is NCc1sc2cc[nH]c2c1O. The monoisotopic (exact) mass is 168 g/mol. The molecule has 0 fully saturated rings. The second kappa shape index (κ2) is 2.25. The third kappa shape index (κ3) is 0.834. The normalized spacial score (nSPS) is 11.0. The maximum absolute atomic E-state index is 9.48. The van der Waals surface area contributed by atoms with E-state index in [9.17, 15) is 5.11 Å². The first-order valence-electron chi connectivity index (χ1n) is 3.30. The van der Waals surface area contributed by atoms with Crippen LogP contribution < -0.4 is 5.73 Å². The number of fused-ring (bicyclic) bond motifs is 1. The van der Waals surface area contributed by atoms with E-state index in [-0.39, 0.29) is 0 Å². The van der Waals surface area contributed by atoms with Gasteiger partial charge in [-0.3, -0.25) is 0 Å². The van der Waals surface area contributed by atoms with Crippen molar-refractivity contribution in [1.82, 2.24) is 4.98 Å². The molecule has 3 nitrogen and oxygen atoms in total. The van der Waals surface area contributed by atoms with E-state index < -0.39 is 0 Å². The molecule has 0 aliphatic rings. The summed E-state index contributed by atoms with van der Waals surface area (Å²) < 4.78 is 1.06. The molecule has 4 heteroatoms. The average Bonchev–Trinajstić information content (AvgIpc) is 2.53. The molecule has 0 amide bonds. The van der Waals surface area contributed by atoms with Crippen molar-refractivity contribution in [3.63, 3.8) is 0 Å². The summed E-state index contributed by atoms with van der Waals surface area (Å²) in [6.45, 7) is 0.402. The van der Waals surface area contributed by atoms with Crippen molar-refractivity contribution in [3.8, 4) is 5.75 Å². The van der Waals surface area contributed by atoms with Crippen LogP contribution in [-0.4, -0.2) is 10.1 Å². The Hall–Kier alpha value is -1.00. The Balaban J connectivity index is 2.76. The van der Waals surface area contributed by atoms with Gasteiger partial charge in [0.05, 0.1) is 15.1 Å². The highest BCUT2D eigenvalue weighted by molar-refractivity contribution is 7.19. The summed E-state index contributed by atoms with van der Waals surface area (Å²) in [5.41, 5.74) is 6.21. The van der Waals surface area contributed by atoms with Gasteiger partial charge in [-0.15, -0.1) is 11.3 Å². The van der Waals surface area contributed by atoms with Crippen LogP contribution in [0.25, 0.3) is 10.2 Å². The second-order valence-corrected chi connectivity index (χ2v) is 3.43. The Kier molecular flexibility index (Phi) is 1.37. The fourth-order valence-electron chi connectivity index (χ4n) is 1.08. The molecule has 2 rings (SSSR count). The zero-order chi connectivity index (χ0) is 7.84. The first-order valence-corrected chi connectivity index (χ1v) is 4.12. The Morgan fingerprint density at radius 1 is 1.64 bits per heavy atom. The van der Waals surface area contributed by atoms with Gasteiger partial charge in [0.25, 0.3) is 0 Å². The van der Waals surface area contributed by atoms with Gasteiger partial charge in [-0.1, -0.05) is 0 Å². The zero-order valence-electron chi connectivity index (χ0n) is 5.79. The molecule has 4 N–H and O–H groups in total. The first-order chi connectivity index (χ1) is 5.33. The number of aromatic amines is 1. The molecule has 0 aromatic carbocycles. The van der Waals surface area contributed by atoms with Crippen molar-refractivity contribution in [1.29, 1.82) is 0 Å². The van der Waals surface area contributed by atoms with Gasteiger partial charge in [0.1, 0.15) is 0 Å². The van der Waals surface area contributed by atoms with Crippen LogP contribution in [0.3, 0.4) is 0 Å². The quantitative estimate of drug-likeness (QED) is 0.602. The lowest BCUT2D eigenvalue weighted by Gasteiger charge is -1.89. The molecule has 0 spiro atoms. The first kappa shape index (κ1) is 6.69. The van der Waals surface area contributed by atoms with E-state index in [1.54, 1.807) is 6.20 Å². The number of aromatic hydroxyl groups is 1. The molecule has 58 valence electrons. The van der Waals surface area contributed by atoms with E-state index in [0.717, 1.165) is 15.1 Å². The van der Waals surface area contributed by atoms with E-state index in [2.05, 4.69) is 4.98 Å². The third-order valence-electron chi connectivity index (χ3n) is 1.63. The molecule has 0 unspecified atom stereocenters. The van der Waals surface area contributed by atoms with E-state index >= 15 is 0 Å². The van der Waals surface area contributed by atoms with Crippen LogP contribution in [0.4, 0.5) is 0 Å². The average molecular weight is 168 g/mol. The summed E-state index contributed by atoms with van der Waals surface area (Å²) in [4.78, 5) is 3.79. The number of thiophene rings is 1. The Bertz CT molecular complexity index is 377. The number of nitrogens with one attached hydrogen (secondary N) is 1. The fraction of sp³-hybridized carbons (Fsp3) is 0.143. The lowest BCUT2D eigenvalue weighted by atomic mass is 10.4. The molecular formula is C7H8N2OS. The maximum Gasteiger partial charge on any atom is 0.154 e. The van der Waals surface area contributed by atoms with Crippen molar-refractivity contribution >= 4 is 21.6 Å². The molecule has 2 heterocycles. The molecule has 0 radical (unpaired) electrons. The van der Waals surface area contributed by atoms with Crippen LogP contribution in [0.2, 0.25) is 0 Å². The fourth-order valence-corrected chi connectivity index (χ4v) is 2.03. The molecule has 11 heavy (non-hydrogen) atoms. The predicted octanol–water partition coefficient (Wildman–Crippen LogP) is 1.39. The van der Waals surface area contributed by atoms with Gasteiger partial charge in [0, 0.05) is 12.7 Å². The number of aromatic nitrogens is 1. The number of rotatable bonds is 1. The highest BCUT2D eigenvalue weighted by Crippen LogP contribution is 2.35. The standard InChI is InChI=1S/C7H8N2OS/c8-3-5-7(10)6-4(11-5)1-2-9-6/h1-2,9-10H,3,8H2. The summed E-state index contributed by atoms with van der Waals surface area (Å²) in [5, 5.41) is 9.48. The number of hydrogen-bond donors (Lipinski definition) is 3. The van der Waals surface area contributed by atoms with Crippen LogP contribution in [0.1, 0.15) is 4.88 Å². The van der Waals surface area contributed by atoms with Crippen molar-refractivity contribution in [2.45, 2.75) is 6.54 Å². The summed E-state index contributed by atoms with van der Waals surface area (Å²) in [7, 11) is 0. The predicted molar refractivity (Wildman–Crippen MR) is 45.7 cm³/mol. The molecule has 0 saturated carbocycles. The van der Waals surface area contributed by atoms with E-state index in [1.807, 2.05) is 6.07 Å². The number of hydrogen-bond acceptors (Lipinski definition) is 3. The second-order valence-electron chi connectivity index (χ2n) is 2.29. The van der Waals surface area contributed by atoms with Gasteiger partial charge < -0.3 is 15.8 Å². The van der Waals surface area contributed by atoms with Crippen LogP contribution in [-0.2, 0) is 6.54 Å². The van der Waals surface area contributed by atoms with Crippen molar-refractivity contribution in [3.05, 3.63) is 17.1 Å². The summed E-state index contributed by atoms with van der Waals surface area (Å²) in [6, 6.07) is 1.93. The topological polar surface area (TPSA) is 62.0 Å². The van der Waals surface area contributed by atoms with E-state index in [4.69, 9.17) is 5.73 Å².